The molecule has 4 heteroatoms. The van der Waals surface area contributed by atoms with Crippen molar-refractivity contribution in [1.82, 2.24) is 10.3 Å². The van der Waals surface area contributed by atoms with E-state index < -0.39 is 0 Å². The number of hydrogen-bond acceptors (Lipinski definition) is 4. The fraction of sp³-hybridized carbons (Fsp3) is 0.364. The average Bonchev–Trinajstić information content (AvgIpc) is 2.86. The second kappa shape index (κ2) is 4.12. The molecule has 0 aliphatic carbocycles. The molecule has 2 aromatic rings. The molecule has 0 saturated carbocycles. The smallest absolute Gasteiger partial charge is 0.151 e. The quantitative estimate of drug-likeness (QED) is 0.868. The van der Waals surface area contributed by atoms with E-state index in [-0.39, 0.29) is 0 Å². The molecule has 0 spiro atoms. The van der Waals surface area contributed by atoms with Crippen molar-refractivity contribution in [3.63, 3.8) is 0 Å². The molecule has 1 fully saturated rings. The van der Waals surface area contributed by atoms with E-state index in [0.717, 1.165) is 18.6 Å². The van der Waals surface area contributed by atoms with E-state index >= 15 is 0 Å². The second-order valence-corrected chi connectivity index (χ2v) is 6.26. The minimum atomic E-state index is 0.713. The molecule has 3 rings (SSSR count). The first-order valence-corrected chi connectivity index (χ1v) is 6.84. The molecule has 0 bridgehead atoms. The van der Waals surface area contributed by atoms with Gasteiger partial charge in [-0.05, 0) is 25.1 Å². The third kappa shape index (κ3) is 2.02. The number of benzene rings is 1. The lowest BCUT2D eigenvalue weighted by Crippen LogP contribution is -2.09. The predicted molar refractivity (Wildman–Crippen MR) is 66.8 cm³/mol. The Bertz CT molecular complexity index is 427. The summed E-state index contributed by atoms with van der Waals surface area (Å²) in [6, 6.07) is 8.35. The second-order valence-electron chi connectivity index (χ2n) is 3.68. The van der Waals surface area contributed by atoms with E-state index in [2.05, 4.69) is 28.5 Å². The van der Waals surface area contributed by atoms with Crippen LogP contribution < -0.4 is 5.32 Å². The lowest BCUT2D eigenvalue weighted by atomic mass is 10.3. The zero-order valence-electron chi connectivity index (χ0n) is 8.27. The Balaban J connectivity index is 1.84. The third-order valence-corrected chi connectivity index (χ3v) is 4.96. The van der Waals surface area contributed by atoms with Crippen molar-refractivity contribution in [2.24, 2.45) is 0 Å². The van der Waals surface area contributed by atoms with Crippen molar-refractivity contribution in [2.75, 3.05) is 13.1 Å². The van der Waals surface area contributed by atoms with Gasteiger partial charge in [-0.2, -0.15) is 0 Å². The first kappa shape index (κ1) is 9.63. The molecule has 1 aromatic carbocycles. The summed E-state index contributed by atoms with van der Waals surface area (Å²) in [5.74, 6) is 0. The summed E-state index contributed by atoms with van der Waals surface area (Å²) in [7, 11) is 0. The molecule has 15 heavy (non-hydrogen) atoms. The molecule has 1 aliphatic heterocycles. The maximum Gasteiger partial charge on any atom is 0.151 e. The third-order valence-electron chi connectivity index (χ3n) is 2.56. The van der Waals surface area contributed by atoms with Gasteiger partial charge in [0.1, 0.15) is 0 Å². The molecule has 1 aliphatic rings. The zero-order valence-corrected chi connectivity index (χ0v) is 9.90. The Morgan fingerprint density at radius 3 is 3.13 bits per heavy atom. The van der Waals surface area contributed by atoms with Gasteiger partial charge in [0.15, 0.2) is 4.34 Å². The summed E-state index contributed by atoms with van der Waals surface area (Å²) in [6.45, 7) is 2.28. The molecule has 0 radical (unpaired) electrons. The van der Waals surface area contributed by atoms with Crippen LogP contribution in [0.4, 0.5) is 0 Å². The van der Waals surface area contributed by atoms with Crippen LogP contribution in [-0.2, 0) is 0 Å². The Morgan fingerprint density at radius 1 is 1.40 bits per heavy atom. The molecule has 1 N–H and O–H groups in total. The molecule has 2 heterocycles. The fourth-order valence-corrected chi connectivity index (χ4v) is 4.21. The zero-order chi connectivity index (χ0) is 10.1. The normalized spacial score (nSPS) is 21.2. The van der Waals surface area contributed by atoms with Crippen LogP contribution >= 0.6 is 23.1 Å². The SMILES string of the molecule is c1ccc2sc(S[C@H]3CCNC3)nc2c1. The van der Waals surface area contributed by atoms with Gasteiger partial charge < -0.3 is 5.32 Å². The van der Waals surface area contributed by atoms with Crippen molar-refractivity contribution in [3.05, 3.63) is 24.3 Å². The van der Waals surface area contributed by atoms with Gasteiger partial charge in [-0.25, -0.2) is 4.98 Å². The van der Waals surface area contributed by atoms with Crippen LogP contribution in [0.2, 0.25) is 0 Å². The summed E-state index contributed by atoms with van der Waals surface area (Å²) in [5, 5.41) is 4.10. The highest BCUT2D eigenvalue weighted by Crippen LogP contribution is 2.33. The molecule has 2 nitrogen and oxygen atoms in total. The van der Waals surface area contributed by atoms with Crippen molar-refractivity contribution in [1.29, 1.82) is 0 Å². The monoisotopic (exact) mass is 236 g/mol. The molecular weight excluding hydrogens is 224 g/mol. The number of hydrogen-bond donors (Lipinski definition) is 1. The van der Waals surface area contributed by atoms with Gasteiger partial charge in [0.2, 0.25) is 0 Å². The maximum atomic E-state index is 4.63. The standard InChI is InChI=1S/C11H12N2S2/c1-2-4-10-9(3-1)13-11(15-10)14-8-5-6-12-7-8/h1-4,8,12H,5-7H2/t8-/m0/s1. The molecule has 1 saturated heterocycles. The highest BCUT2D eigenvalue weighted by molar-refractivity contribution is 8.01. The Morgan fingerprint density at radius 2 is 2.33 bits per heavy atom. The van der Waals surface area contributed by atoms with Crippen LogP contribution in [0.25, 0.3) is 10.2 Å². The van der Waals surface area contributed by atoms with E-state index in [4.69, 9.17) is 0 Å². The molecule has 0 unspecified atom stereocenters. The van der Waals surface area contributed by atoms with Crippen LogP contribution in [0, 0.1) is 0 Å². The lowest BCUT2D eigenvalue weighted by Gasteiger charge is -2.02. The van der Waals surface area contributed by atoms with E-state index in [0.29, 0.717) is 5.25 Å². The van der Waals surface area contributed by atoms with E-state index in [1.807, 2.05) is 29.2 Å². The van der Waals surface area contributed by atoms with E-state index in [1.165, 1.54) is 15.5 Å². The summed E-state index contributed by atoms with van der Waals surface area (Å²) >= 11 is 3.73. The number of rotatable bonds is 2. The van der Waals surface area contributed by atoms with Crippen LogP contribution in [0.15, 0.2) is 28.6 Å². The molecule has 78 valence electrons. The number of fused-ring (bicyclic) bond motifs is 1. The van der Waals surface area contributed by atoms with Gasteiger partial charge in [0, 0.05) is 11.8 Å². The number of nitrogens with zero attached hydrogens (tertiary/aromatic N) is 1. The summed E-state index contributed by atoms with van der Waals surface area (Å²) in [4.78, 5) is 4.63. The van der Waals surface area contributed by atoms with Gasteiger partial charge in [-0.1, -0.05) is 23.9 Å². The Hall–Kier alpha value is -0.580. The summed E-state index contributed by atoms with van der Waals surface area (Å²) < 4.78 is 2.51. The Labute approximate surface area is 97.1 Å². The lowest BCUT2D eigenvalue weighted by molar-refractivity contribution is 0.858. The Kier molecular flexibility index (Phi) is 2.64. The topological polar surface area (TPSA) is 24.9 Å². The molecular formula is C11H12N2S2. The van der Waals surface area contributed by atoms with Crippen LogP contribution in [0.3, 0.4) is 0 Å². The van der Waals surface area contributed by atoms with Gasteiger partial charge in [-0.15, -0.1) is 11.3 Å². The van der Waals surface area contributed by atoms with E-state index in [1.54, 1.807) is 0 Å². The fourth-order valence-electron chi connectivity index (χ4n) is 1.77. The van der Waals surface area contributed by atoms with Crippen LogP contribution in [-0.4, -0.2) is 23.3 Å². The van der Waals surface area contributed by atoms with Crippen molar-refractivity contribution in [2.45, 2.75) is 16.0 Å². The number of thioether (sulfide) groups is 1. The van der Waals surface area contributed by atoms with Gasteiger partial charge in [-0.3, -0.25) is 0 Å². The molecule has 1 atom stereocenters. The predicted octanol–water partition coefficient (Wildman–Crippen LogP) is 2.75. The molecule has 0 amide bonds. The van der Waals surface area contributed by atoms with Crippen molar-refractivity contribution >= 4 is 33.3 Å². The molecule has 1 aromatic heterocycles. The minimum absolute atomic E-state index is 0.713. The highest BCUT2D eigenvalue weighted by Gasteiger charge is 2.17. The summed E-state index contributed by atoms with van der Waals surface area (Å²) in [5.41, 5.74) is 1.14. The van der Waals surface area contributed by atoms with Gasteiger partial charge in [0.05, 0.1) is 10.2 Å². The first-order chi connectivity index (χ1) is 7.42. The van der Waals surface area contributed by atoms with E-state index in [9.17, 15) is 0 Å². The maximum absolute atomic E-state index is 4.63. The van der Waals surface area contributed by atoms with Gasteiger partial charge >= 0.3 is 0 Å². The van der Waals surface area contributed by atoms with Crippen LogP contribution in [0.1, 0.15) is 6.42 Å². The average molecular weight is 236 g/mol. The first-order valence-electron chi connectivity index (χ1n) is 5.15. The van der Waals surface area contributed by atoms with Crippen molar-refractivity contribution < 1.29 is 0 Å². The van der Waals surface area contributed by atoms with Gasteiger partial charge in [0.25, 0.3) is 0 Å². The van der Waals surface area contributed by atoms with Crippen LogP contribution in [0.5, 0.6) is 0 Å². The number of aromatic nitrogens is 1. The number of nitrogens with one attached hydrogen (secondary N) is 1. The minimum Gasteiger partial charge on any atom is -0.316 e. The number of thiazole rings is 1. The highest BCUT2D eigenvalue weighted by atomic mass is 32.2. The largest absolute Gasteiger partial charge is 0.316 e. The summed E-state index contributed by atoms with van der Waals surface area (Å²) in [6.07, 6.45) is 1.26. The van der Waals surface area contributed by atoms with Crippen molar-refractivity contribution in [3.8, 4) is 0 Å². The number of para-hydroxylation sites is 1.